The highest BCUT2D eigenvalue weighted by Gasteiger charge is 2.28. The van der Waals surface area contributed by atoms with E-state index in [0.717, 1.165) is 21.9 Å². The number of anilines is 1. The quantitative estimate of drug-likeness (QED) is 0.490. The van der Waals surface area contributed by atoms with Gasteiger partial charge in [0, 0.05) is 46.8 Å². The minimum absolute atomic E-state index is 0.0567. The van der Waals surface area contributed by atoms with Crippen LogP contribution >= 0.6 is 23.1 Å². The zero-order chi connectivity index (χ0) is 20.8. The van der Waals surface area contributed by atoms with Gasteiger partial charge in [0.05, 0.1) is 17.4 Å². The van der Waals surface area contributed by atoms with Crippen LogP contribution in [0.15, 0.2) is 52.0 Å². The highest BCUT2D eigenvalue weighted by Crippen LogP contribution is 2.33. The number of thiazole rings is 1. The molecule has 0 fully saturated rings. The van der Waals surface area contributed by atoms with Gasteiger partial charge in [0.15, 0.2) is 10.1 Å². The van der Waals surface area contributed by atoms with Crippen LogP contribution in [-0.2, 0) is 4.79 Å². The summed E-state index contributed by atoms with van der Waals surface area (Å²) in [7, 11) is 0. The Bertz CT molecular complexity index is 1310. The van der Waals surface area contributed by atoms with Crippen LogP contribution < -0.4 is 10.9 Å². The summed E-state index contributed by atoms with van der Waals surface area (Å²) in [6.07, 6.45) is 4.14. The average Bonchev–Trinajstić information content (AvgIpc) is 3.42. The maximum absolute atomic E-state index is 12.9. The first-order valence-corrected chi connectivity index (χ1v) is 11.4. The van der Waals surface area contributed by atoms with Crippen molar-refractivity contribution in [3.05, 3.63) is 63.7 Å². The number of rotatable bonds is 4. The van der Waals surface area contributed by atoms with E-state index in [1.807, 2.05) is 53.4 Å². The summed E-state index contributed by atoms with van der Waals surface area (Å²) in [5, 5.41) is 5.70. The van der Waals surface area contributed by atoms with Crippen molar-refractivity contribution in [1.29, 1.82) is 0 Å². The number of aryl methyl sites for hydroxylation is 1. The first kappa shape index (κ1) is 19.1. The largest absolute Gasteiger partial charge is 0.325 e. The Morgan fingerprint density at radius 2 is 2.10 bits per heavy atom. The zero-order valence-corrected chi connectivity index (χ0v) is 18.1. The van der Waals surface area contributed by atoms with Crippen LogP contribution in [0.3, 0.4) is 0 Å². The molecule has 1 N–H and O–H groups in total. The third-order valence-corrected chi connectivity index (χ3v) is 7.18. The number of hydrogen-bond donors (Lipinski definition) is 1. The molecular weight excluding hydrogens is 418 g/mol. The molecule has 0 bridgehead atoms. The molecule has 4 aromatic rings. The lowest BCUT2D eigenvalue weighted by Gasteiger charge is -2.15. The molecule has 1 aliphatic rings. The number of thioether (sulfide) groups is 1. The Morgan fingerprint density at radius 3 is 2.93 bits per heavy atom. The molecule has 152 valence electrons. The van der Waals surface area contributed by atoms with Crippen molar-refractivity contribution < 1.29 is 4.79 Å². The predicted octanol–water partition coefficient (Wildman–Crippen LogP) is 3.91. The van der Waals surface area contributed by atoms with E-state index in [0.29, 0.717) is 22.2 Å². The smallest absolute Gasteiger partial charge is 0.257 e. The first-order valence-electron chi connectivity index (χ1n) is 9.55. The molecule has 1 aromatic carbocycles. The number of carbonyl (C=O) groups excluding carboxylic acids is 1. The highest BCUT2D eigenvalue weighted by molar-refractivity contribution is 7.99. The number of amides is 1. The summed E-state index contributed by atoms with van der Waals surface area (Å²) in [4.78, 5) is 35.6. The normalized spacial score (nSPS) is 15.5. The standard InChI is InChI=1S/C21H19N5O2S2/c1-12-13(2)22-21-26(19(12)28)14(11-30-21)9-18(27)23-16-6-4-3-5-15(16)17-10-25-7-8-29-20(25)24-17/h3-8,10,14H,9,11H2,1-2H3,(H,23,27). The second-order valence-corrected chi connectivity index (χ2v) is 9.12. The Kier molecular flexibility index (Phi) is 4.71. The molecule has 0 radical (unpaired) electrons. The number of fused-ring (bicyclic) bond motifs is 2. The van der Waals surface area contributed by atoms with Crippen LogP contribution in [0, 0.1) is 13.8 Å². The van der Waals surface area contributed by atoms with Gasteiger partial charge in [-0.1, -0.05) is 30.0 Å². The molecule has 5 rings (SSSR count). The molecule has 1 unspecified atom stereocenters. The van der Waals surface area contributed by atoms with Crippen molar-refractivity contribution in [3.63, 3.8) is 0 Å². The van der Waals surface area contributed by atoms with E-state index in [1.165, 1.54) is 11.8 Å². The van der Waals surface area contributed by atoms with Gasteiger partial charge in [-0.05, 0) is 19.9 Å². The third kappa shape index (κ3) is 3.23. The van der Waals surface area contributed by atoms with Crippen molar-refractivity contribution >= 4 is 39.7 Å². The summed E-state index contributed by atoms with van der Waals surface area (Å²) < 4.78 is 3.64. The lowest BCUT2D eigenvalue weighted by Crippen LogP contribution is -2.29. The second-order valence-electron chi connectivity index (χ2n) is 7.26. The highest BCUT2D eigenvalue weighted by atomic mass is 32.2. The van der Waals surface area contributed by atoms with E-state index < -0.39 is 0 Å². The van der Waals surface area contributed by atoms with E-state index >= 15 is 0 Å². The monoisotopic (exact) mass is 437 g/mol. The van der Waals surface area contributed by atoms with E-state index in [9.17, 15) is 9.59 Å². The van der Waals surface area contributed by atoms with Crippen LogP contribution in [-0.4, -0.2) is 30.6 Å². The lowest BCUT2D eigenvalue weighted by molar-refractivity contribution is -0.116. The molecule has 0 saturated carbocycles. The topological polar surface area (TPSA) is 81.3 Å². The SMILES string of the molecule is Cc1nc2n(c(=O)c1C)C(CC(=O)Nc1ccccc1-c1cn3ccsc3n1)CS2. The summed E-state index contributed by atoms with van der Waals surface area (Å²) in [6.45, 7) is 3.62. The molecule has 1 amide bonds. The predicted molar refractivity (Wildman–Crippen MR) is 119 cm³/mol. The minimum Gasteiger partial charge on any atom is -0.325 e. The first-order chi connectivity index (χ1) is 14.5. The van der Waals surface area contributed by atoms with Gasteiger partial charge >= 0.3 is 0 Å². The lowest BCUT2D eigenvalue weighted by atomic mass is 10.1. The van der Waals surface area contributed by atoms with Gasteiger partial charge in [-0.3, -0.25) is 18.6 Å². The number of para-hydroxylation sites is 1. The Morgan fingerprint density at radius 1 is 1.27 bits per heavy atom. The van der Waals surface area contributed by atoms with Crippen LogP contribution in [0.25, 0.3) is 16.2 Å². The summed E-state index contributed by atoms with van der Waals surface area (Å²) in [6, 6.07) is 7.44. The number of hydrogen-bond acceptors (Lipinski definition) is 6. The van der Waals surface area contributed by atoms with Crippen LogP contribution in [0.4, 0.5) is 5.69 Å². The fourth-order valence-corrected chi connectivity index (χ4v) is 5.49. The van der Waals surface area contributed by atoms with Crippen molar-refractivity contribution in [2.75, 3.05) is 11.1 Å². The van der Waals surface area contributed by atoms with E-state index in [-0.39, 0.29) is 23.9 Å². The van der Waals surface area contributed by atoms with Crippen LogP contribution in [0.1, 0.15) is 23.7 Å². The third-order valence-electron chi connectivity index (χ3n) is 5.31. The van der Waals surface area contributed by atoms with Gasteiger partial charge in [0.2, 0.25) is 5.91 Å². The van der Waals surface area contributed by atoms with Gasteiger partial charge in [0.25, 0.3) is 5.56 Å². The maximum atomic E-state index is 12.9. The minimum atomic E-state index is -0.200. The number of nitrogens with one attached hydrogen (secondary N) is 1. The van der Waals surface area contributed by atoms with Gasteiger partial charge in [-0.15, -0.1) is 11.3 Å². The van der Waals surface area contributed by atoms with Crippen molar-refractivity contribution in [2.24, 2.45) is 0 Å². The molecule has 30 heavy (non-hydrogen) atoms. The van der Waals surface area contributed by atoms with Gasteiger partial charge < -0.3 is 5.32 Å². The Hall–Kier alpha value is -2.91. The van der Waals surface area contributed by atoms with Crippen molar-refractivity contribution in [2.45, 2.75) is 31.5 Å². The van der Waals surface area contributed by atoms with Crippen molar-refractivity contribution in [1.82, 2.24) is 18.9 Å². The molecule has 0 spiro atoms. The molecule has 7 nitrogen and oxygen atoms in total. The molecule has 4 heterocycles. The molecule has 0 saturated heterocycles. The van der Waals surface area contributed by atoms with Gasteiger partial charge in [-0.25, -0.2) is 9.97 Å². The molecular formula is C21H19N5O2S2. The second kappa shape index (κ2) is 7.41. The van der Waals surface area contributed by atoms with Crippen LogP contribution in [0.2, 0.25) is 0 Å². The Labute approximate surface area is 180 Å². The van der Waals surface area contributed by atoms with Gasteiger partial charge in [0.1, 0.15) is 0 Å². The summed E-state index contributed by atoms with van der Waals surface area (Å²) in [5.41, 5.74) is 3.72. The fourth-order valence-electron chi connectivity index (χ4n) is 3.61. The number of nitrogens with zero attached hydrogens (tertiary/aromatic N) is 4. The summed E-state index contributed by atoms with van der Waals surface area (Å²) in [5.74, 6) is 0.532. The van der Waals surface area contributed by atoms with Crippen molar-refractivity contribution in [3.8, 4) is 11.3 Å². The maximum Gasteiger partial charge on any atom is 0.257 e. The average molecular weight is 438 g/mol. The van der Waals surface area contributed by atoms with E-state index in [2.05, 4.69) is 15.3 Å². The molecule has 1 aliphatic heterocycles. The molecule has 9 heteroatoms. The Balaban J connectivity index is 1.39. The molecule has 0 aliphatic carbocycles. The number of aromatic nitrogens is 4. The molecule has 1 atom stereocenters. The molecule has 3 aromatic heterocycles. The fraction of sp³-hybridized carbons (Fsp3) is 0.238. The van der Waals surface area contributed by atoms with E-state index in [1.54, 1.807) is 22.8 Å². The number of carbonyl (C=O) groups is 1. The summed E-state index contributed by atoms with van der Waals surface area (Å²) >= 11 is 3.09. The van der Waals surface area contributed by atoms with Crippen LogP contribution in [0.5, 0.6) is 0 Å². The van der Waals surface area contributed by atoms with Gasteiger partial charge in [-0.2, -0.15) is 0 Å². The zero-order valence-electron chi connectivity index (χ0n) is 16.5. The number of imidazole rings is 1. The number of benzene rings is 1. The van der Waals surface area contributed by atoms with E-state index in [4.69, 9.17) is 0 Å².